The van der Waals surface area contributed by atoms with Crippen molar-refractivity contribution in [2.45, 2.75) is 19.9 Å². The topological polar surface area (TPSA) is 62.1 Å². The Morgan fingerprint density at radius 3 is 2.52 bits per heavy atom. The summed E-state index contributed by atoms with van der Waals surface area (Å²) < 4.78 is 5.23. The van der Waals surface area contributed by atoms with E-state index in [1.807, 2.05) is 48.4 Å². The number of aliphatic imine (C=N–C) groups is 1. The first-order valence-electron chi connectivity index (χ1n) is 8.53. The molecule has 1 N–H and O–H groups in total. The number of anilines is 1. The third kappa shape index (κ3) is 3.57. The molecule has 1 aliphatic rings. The number of methoxy groups -OCH3 is 1. The minimum Gasteiger partial charge on any atom is -0.504 e. The molecule has 0 amide bonds. The third-order valence-corrected chi connectivity index (χ3v) is 5.18. The zero-order valence-electron chi connectivity index (χ0n) is 15.8. The van der Waals surface area contributed by atoms with E-state index < -0.39 is 6.04 Å². The van der Waals surface area contributed by atoms with Crippen LogP contribution in [-0.4, -0.2) is 29.4 Å². The second kappa shape index (κ2) is 7.88. The van der Waals surface area contributed by atoms with Crippen LogP contribution < -0.4 is 9.64 Å². The van der Waals surface area contributed by atoms with Gasteiger partial charge in [-0.1, -0.05) is 36.0 Å². The van der Waals surface area contributed by atoms with Crippen LogP contribution in [0.5, 0.6) is 11.5 Å². The number of amidine groups is 1. The average Bonchev–Trinajstić information content (AvgIpc) is 2.67. The van der Waals surface area contributed by atoms with Gasteiger partial charge in [-0.15, -0.1) is 0 Å². The highest BCUT2D eigenvalue weighted by Crippen LogP contribution is 2.40. The molecule has 0 radical (unpaired) electrons. The Morgan fingerprint density at radius 1 is 1.22 bits per heavy atom. The minimum absolute atomic E-state index is 0.0330. The van der Waals surface area contributed by atoms with E-state index >= 15 is 0 Å². The van der Waals surface area contributed by atoms with E-state index in [0.717, 1.165) is 22.1 Å². The molecule has 0 spiro atoms. The number of Topliss-reactive ketones (excluding diaryl/α,β-unsaturated/α-hetero) is 1. The molecule has 0 fully saturated rings. The van der Waals surface area contributed by atoms with Crippen LogP contribution in [-0.2, 0) is 4.79 Å². The molecule has 140 valence electrons. The van der Waals surface area contributed by atoms with Crippen molar-refractivity contribution in [3.05, 3.63) is 65.4 Å². The Balaban J connectivity index is 2.17. The van der Waals surface area contributed by atoms with E-state index in [9.17, 15) is 9.90 Å². The van der Waals surface area contributed by atoms with Crippen LogP contribution in [0, 0.1) is 0 Å². The number of thioether (sulfide) groups is 1. The standard InChI is InChI=1S/C21H22N2O3S/c1-13-19(14(2)24)20(15-10-11-17(25)18(12-15)26-3)22-21(27-4)23(13)16-8-6-5-7-9-16/h5-12,20,25H,1-4H3. The molecular weight excluding hydrogens is 360 g/mol. The van der Waals surface area contributed by atoms with Gasteiger partial charge in [0.2, 0.25) is 0 Å². The Hall–Kier alpha value is -2.73. The first kappa shape index (κ1) is 19.0. The predicted molar refractivity (Wildman–Crippen MR) is 111 cm³/mol. The molecule has 3 rings (SSSR count). The fraction of sp³-hybridized carbons (Fsp3) is 0.238. The number of para-hydroxylation sites is 1. The summed E-state index contributed by atoms with van der Waals surface area (Å²) in [6, 6.07) is 14.5. The first-order valence-corrected chi connectivity index (χ1v) is 9.76. The van der Waals surface area contributed by atoms with Crippen molar-refractivity contribution in [1.29, 1.82) is 0 Å². The summed E-state index contributed by atoms with van der Waals surface area (Å²) in [7, 11) is 1.50. The maximum absolute atomic E-state index is 12.5. The average molecular weight is 382 g/mol. The lowest BCUT2D eigenvalue weighted by Crippen LogP contribution is -2.34. The van der Waals surface area contributed by atoms with E-state index in [0.29, 0.717) is 11.3 Å². The summed E-state index contributed by atoms with van der Waals surface area (Å²) in [6.45, 7) is 3.51. The number of carbonyl (C=O) groups excluding carboxylic acids is 1. The Morgan fingerprint density at radius 2 is 1.93 bits per heavy atom. The van der Waals surface area contributed by atoms with E-state index in [1.54, 1.807) is 25.1 Å². The Kier molecular flexibility index (Phi) is 5.56. The summed E-state index contributed by atoms with van der Waals surface area (Å²) in [5.41, 5.74) is 3.24. The zero-order valence-corrected chi connectivity index (χ0v) is 16.6. The quantitative estimate of drug-likeness (QED) is 0.841. The molecule has 5 nitrogen and oxygen atoms in total. The van der Waals surface area contributed by atoms with Gasteiger partial charge in [0.05, 0.1) is 7.11 Å². The van der Waals surface area contributed by atoms with Gasteiger partial charge in [0, 0.05) is 17.0 Å². The smallest absolute Gasteiger partial charge is 0.168 e. The number of nitrogens with zero attached hydrogens (tertiary/aromatic N) is 2. The maximum atomic E-state index is 12.5. The number of ketones is 1. The van der Waals surface area contributed by atoms with Crippen LogP contribution in [0.2, 0.25) is 0 Å². The van der Waals surface area contributed by atoms with Crippen molar-refractivity contribution < 1.29 is 14.6 Å². The molecule has 2 aromatic carbocycles. The number of allylic oxidation sites excluding steroid dienone is 1. The summed E-state index contributed by atoms with van der Waals surface area (Å²) >= 11 is 1.53. The van der Waals surface area contributed by atoms with E-state index in [4.69, 9.17) is 9.73 Å². The Labute approximate surface area is 163 Å². The lowest BCUT2D eigenvalue weighted by molar-refractivity contribution is -0.113. The van der Waals surface area contributed by atoms with Gasteiger partial charge in [-0.3, -0.25) is 9.69 Å². The summed E-state index contributed by atoms with van der Waals surface area (Å²) in [5.74, 6) is 0.385. The van der Waals surface area contributed by atoms with Crippen LogP contribution in [0.15, 0.2) is 64.8 Å². The van der Waals surface area contributed by atoms with Gasteiger partial charge in [0.1, 0.15) is 6.04 Å². The van der Waals surface area contributed by atoms with Crippen LogP contribution in [0.25, 0.3) is 0 Å². The fourth-order valence-electron chi connectivity index (χ4n) is 3.27. The van der Waals surface area contributed by atoms with Crippen LogP contribution >= 0.6 is 11.8 Å². The second-order valence-corrected chi connectivity index (χ2v) is 6.95. The molecule has 0 saturated carbocycles. The number of rotatable bonds is 4. The predicted octanol–water partition coefficient (Wildman–Crippen LogP) is 4.54. The van der Waals surface area contributed by atoms with Crippen molar-refractivity contribution in [1.82, 2.24) is 0 Å². The molecule has 1 aliphatic heterocycles. The summed E-state index contributed by atoms with van der Waals surface area (Å²) in [6.07, 6.45) is 1.97. The van der Waals surface area contributed by atoms with Crippen molar-refractivity contribution >= 4 is 28.4 Å². The van der Waals surface area contributed by atoms with E-state index in [-0.39, 0.29) is 11.5 Å². The number of benzene rings is 2. The van der Waals surface area contributed by atoms with Crippen molar-refractivity contribution in [2.75, 3.05) is 18.3 Å². The lowest BCUT2D eigenvalue weighted by atomic mass is 9.93. The molecule has 1 atom stereocenters. The molecular formula is C21H22N2O3S. The van der Waals surface area contributed by atoms with Gasteiger partial charge in [0.15, 0.2) is 22.4 Å². The molecule has 0 bridgehead atoms. The molecule has 27 heavy (non-hydrogen) atoms. The zero-order chi connectivity index (χ0) is 19.6. The molecule has 0 aromatic heterocycles. The first-order chi connectivity index (χ1) is 13.0. The lowest BCUT2D eigenvalue weighted by Gasteiger charge is -2.34. The highest BCUT2D eigenvalue weighted by molar-refractivity contribution is 8.13. The molecule has 0 saturated heterocycles. The molecule has 1 heterocycles. The van der Waals surface area contributed by atoms with Crippen LogP contribution in [0.1, 0.15) is 25.5 Å². The number of hydrogen-bond acceptors (Lipinski definition) is 6. The van der Waals surface area contributed by atoms with E-state index in [1.165, 1.54) is 18.9 Å². The van der Waals surface area contributed by atoms with Gasteiger partial charge in [-0.2, -0.15) is 0 Å². The summed E-state index contributed by atoms with van der Waals surface area (Å²) in [4.78, 5) is 19.4. The largest absolute Gasteiger partial charge is 0.504 e. The highest BCUT2D eigenvalue weighted by atomic mass is 32.2. The number of aromatic hydroxyl groups is 1. The minimum atomic E-state index is -0.445. The Bertz CT molecular complexity index is 922. The maximum Gasteiger partial charge on any atom is 0.168 e. The van der Waals surface area contributed by atoms with Crippen LogP contribution in [0.3, 0.4) is 0 Å². The van der Waals surface area contributed by atoms with Gasteiger partial charge < -0.3 is 9.84 Å². The number of phenols is 1. The van der Waals surface area contributed by atoms with Gasteiger partial charge in [-0.25, -0.2) is 4.99 Å². The summed E-state index contributed by atoms with van der Waals surface area (Å²) in [5, 5.41) is 10.7. The van der Waals surface area contributed by atoms with Gasteiger partial charge in [-0.05, 0) is 49.9 Å². The molecule has 1 unspecified atom stereocenters. The monoisotopic (exact) mass is 382 g/mol. The second-order valence-electron chi connectivity index (χ2n) is 6.18. The SMILES string of the molecule is COc1cc(C2N=C(SC)N(c3ccccc3)C(C)=C2C(C)=O)ccc1O. The third-order valence-electron chi connectivity index (χ3n) is 4.53. The van der Waals surface area contributed by atoms with Gasteiger partial charge >= 0.3 is 0 Å². The molecule has 0 aliphatic carbocycles. The van der Waals surface area contributed by atoms with Crippen molar-refractivity contribution in [3.8, 4) is 11.5 Å². The highest BCUT2D eigenvalue weighted by Gasteiger charge is 2.32. The number of carbonyl (C=O) groups is 1. The number of hydrogen-bond donors (Lipinski definition) is 1. The normalized spacial score (nSPS) is 17.0. The fourth-order valence-corrected chi connectivity index (χ4v) is 3.91. The number of ether oxygens (including phenoxy) is 1. The van der Waals surface area contributed by atoms with Crippen molar-refractivity contribution in [3.63, 3.8) is 0 Å². The van der Waals surface area contributed by atoms with Crippen LogP contribution in [0.4, 0.5) is 5.69 Å². The van der Waals surface area contributed by atoms with Crippen molar-refractivity contribution in [2.24, 2.45) is 4.99 Å². The van der Waals surface area contributed by atoms with E-state index in [2.05, 4.69) is 0 Å². The number of phenolic OH excluding ortho intramolecular Hbond substituents is 1. The molecule has 6 heteroatoms. The van der Waals surface area contributed by atoms with Gasteiger partial charge in [0.25, 0.3) is 0 Å². The molecule has 2 aromatic rings.